The van der Waals surface area contributed by atoms with Gasteiger partial charge in [-0.15, -0.1) is 0 Å². The van der Waals surface area contributed by atoms with Gasteiger partial charge in [0.25, 0.3) is 0 Å². The number of aliphatic hydroxyl groups excluding tert-OH is 3. The number of aliphatic hydroxyl groups is 3. The van der Waals surface area contributed by atoms with E-state index in [1.807, 2.05) is 53.3 Å². The van der Waals surface area contributed by atoms with E-state index >= 15 is 0 Å². The minimum atomic E-state index is -1.61. The van der Waals surface area contributed by atoms with Crippen molar-refractivity contribution >= 4 is 130 Å². The van der Waals surface area contributed by atoms with Crippen molar-refractivity contribution < 1.29 is 121 Å². The van der Waals surface area contributed by atoms with Crippen LogP contribution in [0.2, 0.25) is 0 Å². The zero-order valence-electron chi connectivity index (χ0n) is 79.2. The Morgan fingerprint density at radius 1 is 0.492 bits per heavy atom. The molecule has 21 N–H and O–H groups in total. The van der Waals surface area contributed by atoms with Crippen molar-refractivity contribution in [3.05, 3.63) is 0 Å². The number of carbonyl (C=O) groups excluding carboxylic acids is 18. The number of primary amides is 1. The molecule has 0 bridgehead atoms. The third-order valence-electron chi connectivity index (χ3n) is 22.1. The molecule has 4 saturated heterocycles. The second-order valence-corrected chi connectivity index (χ2v) is 37.1. The SMILES string of the molecule is CC(C)C[C@H](C)C(=O)N[C@@H](CO)C(=O)NCCNC(=O)COCCOCCNC(=O)COCCOCCNC(=O)CCCC[C@@H]1SC[C@@H]2NC(=O)N[C@@H]21.CC[C@H](C)[C@H](NC(=O)[C@@H]1CCCN1C(=O)[C@H](CO)NC(=O)[C@H](CCC(N)=O)NC(=O)[C@H](CCSC)NC(C)=O)C(=O)N[C@H](C(=O)N[C@@H](CC(C)C)C(=O)N1CCC[C@H]1C(=O)N[C@@H](CC(C)C)C(=O)N[C@@H](CO)C(=O)NC)C(C)C. The first kappa shape index (κ1) is 117. The lowest BCUT2D eigenvalue weighted by Crippen LogP contribution is -2.62. The average molecular weight is 1920 g/mol. The van der Waals surface area contributed by atoms with Crippen LogP contribution in [0, 0.1) is 35.5 Å². The molecule has 19 amide bonds. The maximum Gasteiger partial charge on any atom is 0.315 e. The van der Waals surface area contributed by atoms with E-state index < -0.39 is 175 Å². The summed E-state index contributed by atoms with van der Waals surface area (Å²) >= 11 is 3.30. The van der Waals surface area contributed by atoms with Crippen LogP contribution in [0.3, 0.4) is 0 Å². The second-order valence-electron chi connectivity index (χ2n) is 34.9. The molecule has 0 aliphatic carbocycles. The summed E-state index contributed by atoms with van der Waals surface area (Å²) in [6.45, 7) is 21.4. The number of hydrogen-bond acceptors (Lipinski definition) is 27. The minimum absolute atomic E-state index is 0.0176. The quantitative estimate of drug-likeness (QED) is 0.0203. The molecular weight excluding hydrogens is 1760 g/mol. The Morgan fingerprint density at radius 3 is 1.50 bits per heavy atom. The number of nitrogens with one attached hydrogen (secondary N) is 16. The van der Waals surface area contributed by atoms with E-state index in [9.17, 15) is 102 Å². The highest BCUT2D eigenvalue weighted by atomic mass is 32.2. The van der Waals surface area contributed by atoms with Gasteiger partial charge >= 0.3 is 6.03 Å². The molecule has 44 nitrogen and oxygen atoms in total. The number of unbranched alkanes of at least 4 members (excludes halogenated alkanes) is 1. The minimum Gasteiger partial charge on any atom is -0.394 e. The Balaban J connectivity index is 0.000000735. The number of nitrogens with two attached hydrogens (primary N) is 1. The molecule has 4 heterocycles. The highest BCUT2D eigenvalue weighted by Gasteiger charge is 2.46. The van der Waals surface area contributed by atoms with E-state index in [2.05, 4.69) is 85.1 Å². The van der Waals surface area contributed by atoms with Gasteiger partial charge in [-0.05, 0) is 112 Å². The summed E-state index contributed by atoms with van der Waals surface area (Å²) in [5, 5.41) is 72.5. The summed E-state index contributed by atoms with van der Waals surface area (Å²) in [5.41, 5.74) is 5.34. The predicted molar refractivity (Wildman–Crippen MR) is 490 cm³/mol. The van der Waals surface area contributed by atoms with Crippen molar-refractivity contribution in [1.29, 1.82) is 0 Å². The van der Waals surface area contributed by atoms with Crippen molar-refractivity contribution in [2.24, 2.45) is 41.2 Å². The number of likely N-dealkylation sites (tertiary alicyclic amines) is 2. The van der Waals surface area contributed by atoms with Crippen LogP contribution in [0.1, 0.15) is 179 Å². The molecule has 0 unspecified atom stereocenters. The number of rotatable bonds is 63. The van der Waals surface area contributed by atoms with Gasteiger partial charge in [0, 0.05) is 83.0 Å². The lowest BCUT2D eigenvalue weighted by atomic mass is 9.95. The van der Waals surface area contributed by atoms with Crippen molar-refractivity contribution in [2.45, 2.75) is 263 Å². The number of likely N-dealkylation sites (N-methyl/N-ethyl adjacent to an activating group) is 1. The third-order valence-corrected chi connectivity index (χ3v) is 24.3. The van der Waals surface area contributed by atoms with E-state index in [1.165, 1.54) is 35.5 Å². The number of fused-ring (bicyclic) bond motifs is 1. The Kier molecular flexibility index (Phi) is 56.5. The maximum atomic E-state index is 14.4. The van der Waals surface area contributed by atoms with Gasteiger partial charge in [-0.25, -0.2) is 4.79 Å². The molecule has 4 rings (SSSR count). The van der Waals surface area contributed by atoms with E-state index in [0.29, 0.717) is 62.2 Å². The summed E-state index contributed by atoms with van der Waals surface area (Å²) in [6, 6.07) is -12.9. The molecule has 0 aromatic carbocycles. The summed E-state index contributed by atoms with van der Waals surface area (Å²) in [4.78, 5) is 236. The third kappa shape index (κ3) is 43.8. The molecule has 0 saturated carbocycles. The average Bonchev–Trinajstić information content (AvgIpc) is 1.69. The molecule has 16 atom stereocenters. The smallest absolute Gasteiger partial charge is 0.315 e. The van der Waals surface area contributed by atoms with Crippen LogP contribution in [0.15, 0.2) is 0 Å². The molecule has 0 spiro atoms. The number of thioether (sulfide) groups is 2. The molecule has 4 fully saturated rings. The first-order valence-corrected chi connectivity index (χ1v) is 48.3. The topological polar surface area (TPSA) is 630 Å². The number of nitrogens with zero attached hydrogens (tertiary/aromatic N) is 2. The summed E-state index contributed by atoms with van der Waals surface area (Å²) < 4.78 is 21.3. The summed E-state index contributed by atoms with van der Waals surface area (Å²) in [6.07, 6.45) is 7.14. The predicted octanol–water partition coefficient (Wildman–Crippen LogP) is -4.19. The Bertz CT molecular complexity index is 3710. The van der Waals surface area contributed by atoms with Gasteiger partial charge in [-0.3, -0.25) is 81.5 Å². The first-order valence-electron chi connectivity index (χ1n) is 45.9. The Labute approximate surface area is 782 Å². The molecule has 4 aliphatic heterocycles. The van der Waals surface area contributed by atoms with Crippen LogP contribution in [0.25, 0.3) is 0 Å². The van der Waals surface area contributed by atoms with Crippen LogP contribution in [0.4, 0.5) is 4.79 Å². The van der Waals surface area contributed by atoms with Crippen LogP contribution in [0.5, 0.6) is 0 Å². The fraction of sp³-hybridized carbons (Fsp3) is 0.791. The molecular formula is C86H151N19O25S2. The number of ether oxygens (including phenoxy) is 4. The van der Waals surface area contributed by atoms with Crippen LogP contribution < -0.4 is 90.8 Å². The number of amides is 19. The second kappa shape index (κ2) is 63.8. The van der Waals surface area contributed by atoms with Crippen LogP contribution in [-0.2, 0) is 100 Å². The van der Waals surface area contributed by atoms with E-state index in [4.69, 9.17) is 24.7 Å². The maximum absolute atomic E-state index is 14.4. The molecule has 4 aliphatic rings. The monoisotopic (exact) mass is 1910 g/mol. The van der Waals surface area contributed by atoms with Gasteiger partial charge < -0.3 is 135 Å². The fourth-order valence-corrected chi connectivity index (χ4v) is 16.9. The normalized spacial score (nSPS) is 18.7. The molecule has 752 valence electrons. The lowest BCUT2D eigenvalue weighted by Gasteiger charge is -2.33. The van der Waals surface area contributed by atoms with Crippen molar-refractivity contribution in [1.82, 2.24) is 94.9 Å². The summed E-state index contributed by atoms with van der Waals surface area (Å²) in [7, 11) is 1.35. The van der Waals surface area contributed by atoms with Crippen molar-refractivity contribution in [3.63, 3.8) is 0 Å². The van der Waals surface area contributed by atoms with E-state index in [0.717, 1.165) is 25.0 Å². The first-order chi connectivity index (χ1) is 62.6. The standard InChI is InChI=1S/C52H90N12O14S.C34H61N7O11S/c1-12-30(8)42(62-48(74)39-16-14-21-64(39)52(78)37(26-66)60-44(70)32(17-18-40(53)68)56-45(71)33(19-22-79-11)55-31(9)67)50(76)61-41(29(6)7)49(75)58-35(24-28(4)5)51(77)63-20-13-15-38(63)47(73)57-34(23-27(2)3)46(72)59-36(25-65)43(69)54-10;1-23(2)18-24(3)32(46)39-25(19-42)33(47)38-9-8-35-29(44)20-51-16-15-50-13-11-37-30(45)21-52-17-14-49-12-10-36-28(43)7-5-4-6-27-31-26(22-53-27)40-34(48)41-31/h27-30,32-39,41-42,65-66H,12-26H2,1-11H3,(H2,53,68)(H,54,69)(H,55,67)(H,56,71)(H,57,73)(H,58,75)(H,59,72)(H,60,70)(H,61,76)(H,62,74);23-27,31,42H,4-22H2,1-3H3,(H,35,44)(H,36,43)(H,37,45)(H,38,47)(H,39,46)(H2,40,41,48)/t30-,32-,33-,34-,35-,36-,37-,38-,39-,41-,42-;24-,25-,26-,27-,31-/m00/s1. The van der Waals surface area contributed by atoms with Gasteiger partial charge in [0.05, 0.1) is 71.5 Å². The Morgan fingerprint density at radius 2 is 0.970 bits per heavy atom. The van der Waals surface area contributed by atoms with Crippen LogP contribution in [-0.4, -0.2) is 352 Å². The number of urea groups is 1. The van der Waals surface area contributed by atoms with Crippen molar-refractivity contribution in [3.8, 4) is 0 Å². The summed E-state index contributed by atoms with van der Waals surface area (Å²) in [5.74, 6) is -9.78. The molecule has 0 aromatic rings. The lowest BCUT2D eigenvalue weighted by molar-refractivity contribution is -0.144. The van der Waals surface area contributed by atoms with Gasteiger partial charge in [-0.2, -0.15) is 23.5 Å². The van der Waals surface area contributed by atoms with E-state index in [-0.39, 0.29) is 183 Å². The Hall–Kier alpha value is -9.32. The fourth-order valence-electron chi connectivity index (χ4n) is 14.9. The van der Waals surface area contributed by atoms with Gasteiger partial charge in [0.1, 0.15) is 79.7 Å². The number of hydrogen-bond donors (Lipinski definition) is 20. The van der Waals surface area contributed by atoms with Crippen molar-refractivity contribution in [2.75, 3.05) is 137 Å². The van der Waals surface area contributed by atoms with Crippen LogP contribution >= 0.6 is 23.5 Å². The zero-order valence-corrected chi connectivity index (χ0v) is 80.8. The zero-order chi connectivity index (χ0) is 98.7. The van der Waals surface area contributed by atoms with E-state index in [1.54, 1.807) is 40.9 Å². The highest BCUT2D eigenvalue weighted by molar-refractivity contribution is 8.00. The number of carbonyl (C=O) groups is 18. The van der Waals surface area contributed by atoms with Gasteiger partial charge in [0.2, 0.25) is 100 Å². The van der Waals surface area contributed by atoms with Gasteiger partial charge in [-0.1, -0.05) is 89.0 Å². The highest BCUT2D eigenvalue weighted by Crippen LogP contribution is 2.33. The molecule has 132 heavy (non-hydrogen) atoms. The molecule has 0 aromatic heterocycles. The largest absolute Gasteiger partial charge is 0.394 e. The molecule has 46 heteroatoms. The molecule has 0 radical (unpaired) electrons. The van der Waals surface area contributed by atoms with Gasteiger partial charge in [0.15, 0.2) is 0 Å².